The number of carbonyl (C=O) groups is 1. The van der Waals surface area contributed by atoms with Crippen LogP contribution >= 0.6 is 0 Å². The van der Waals surface area contributed by atoms with Crippen LogP contribution in [0.5, 0.6) is 0 Å². The van der Waals surface area contributed by atoms with Gasteiger partial charge in [-0.1, -0.05) is 49.6 Å². The van der Waals surface area contributed by atoms with Gasteiger partial charge in [0.1, 0.15) is 12.1 Å². The summed E-state index contributed by atoms with van der Waals surface area (Å²) < 4.78 is 0. The molecule has 1 aromatic carbocycles. The number of amides is 1. The van der Waals surface area contributed by atoms with E-state index in [1.54, 1.807) is 6.33 Å². The van der Waals surface area contributed by atoms with Crippen molar-refractivity contribution in [3.63, 3.8) is 0 Å². The lowest BCUT2D eigenvalue weighted by Gasteiger charge is -2.45. The fraction of sp³-hybridized carbons (Fsp3) is 0.542. The van der Waals surface area contributed by atoms with Crippen molar-refractivity contribution in [2.24, 2.45) is 5.92 Å². The maximum atomic E-state index is 13.0. The molecule has 6 nitrogen and oxygen atoms in total. The Balaban J connectivity index is 1.13. The first kappa shape index (κ1) is 19.5. The molecule has 0 unspecified atom stereocenters. The van der Waals surface area contributed by atoms with Crippen LogP contribution in [0.15, 0.2) is 42.7 Å². The highest BCUT2D eigenvalue weighted by molar-refractivity contribution is 5.82. The van der Waals surface area contributed by atoms with Crippen molar-refractivity contribution in [3.05, 3.63) is 42.7 Å². The molecule has 0 spiro atoms. The van der Waals surface area contributed by atoms with Gasteiger partial charge < -0.3 is 9.80 Å². The summed E-state index contributed by atoms with van der Waals surface area (Å²) in [6, 6.07) is 12.9. The van der Waals surface area contributed by atoms with Gasteiger partial charge in [0, 0.05) is 56.9 Å². The zero-order chi connectivity index (χ0) is 20.3. The van der Waals surface area contributed by atoms with Gasteiger partial charge in [-0.2, -0.15) is 0 Å². The summed E-state index contributed by atoms with van der Waals surface area (Å²) in [5, 5.41) is 0. The smallest absolute Gasteiger partial charge is 0.229 e. The largest absolute Gasteiger partial charge is 0.355 e. The number of carbonyl (C=O) groups excluding carboxylic acids is 1. The third-order valence-corrected chi connectivity index (χ3v) is 6.99. The predicted octanol–water partition coefficient (Wildman–Crippen LogP) is 3.06. The first-order valence-electron chi connectivity index (χ1n) is 11.4. The number of hydrogen-bond acceptors (Lipinski definition) is 5. The van der Waals surface area contributed by atoms with Crippen LogP contribution in [-0.2, 0) is 4.79 Å². The van der Waals surface area contributed by atoms with Crippen LogP contribution in [0.4, 0.5) is 5.82 Å². The predicted molar refractivity (Wildman–Crippen MR) is 118 cm³/mol. The van der Waals surface area contributed by atoms with Gasteiger partial charge in [-0.05, 0) is 12.8 Å². The molecule has 2 saturated heterocycles. The Morgan fingerprint density at radius 2 is 1.63 bits per heavy atom. The van der Waals surface area contributed by atoms with Gasteiger partial charge >= 0.3 is 0 Å². The summed E-state index contributed by atoms with van der Waals surface area (Å²) in [7, 11) is 0. The van der Waals surface area contributed by atoms with Crippen LogP contribution in [0.1, 0.15) is 32.1 Å². The molecule has 3 fully saturated rings. The minimum absolute atomic E-state index is 0.0985. The molecular formula is C24H31N5O. The molecule has 2 aliphatic heterocycles. The first-order valence-corrected chi connectivity index (χ1v) is 11.4. The molecule has 1 saturated carbocycles. The number of nitrogens with zero attached hydrogens (tertiary/aromatic N) is 5. The molecule has 3 aliphatic rings. The van der Waals surface area contributed by atoms with E-state index in [9.17, 15) is 4.79 Å². The second-order valence-electron chi connectivity index (χ2n) is 8.88. The summed E-state index contributed by atoms with van der Waals surface area (Å²) in [6.07, 6.45) is 8.45. The number of benzene rings is 1. The van der Waals surface area contributed by atoms with Crippen molar-refractivity contribution in [1.82, 2.24) is 19.8 Å². The summed E-state index contributed by atoms with van der Waals surface area (Å²) in [5.74, 6) is 1.34. The van der Waals surface area contributed by atoms with Crippen LogP contribution in [-0.4, -0.2) is 71.0 Å². The van der Waals surface area contributed by atoms with Crippen molar-refractivity contribution in [2.45, 2.75) is 38.1 Å². The van der Waals surface area contributed by atoms with Crippen molar-refractivity contribution in [2.75, 3.05) is 44.2 Å². The SMILES string of the molecule is O=C(C1CN(c2cc(-c3ccccc3)ncn2)C1)N1CCN(C2CCCCC2)CC1. The number of aromatic nitrogens is 2. The second-order valence-corrected chi connectivity index (χ2v) is 8.88. The lowest BCUT2D eigenvalue weighted by molar-refractivity contribution is -0.138. The molecule has 1 amide bonds. The third-order valence-electron chi connectivity index (χ3n) is 6.99. The molecule has 0 bridgehead atoms. The zero-order valence-corrected chi connectivity index (χ0v) is 17.6. The molecule has 3 heterocycles. The standard InChI is InChI=1S/C24H31N5O/c30-24(28-13-11-27(12-14-28)21-9-5-2-6-10-21)20-16-29(17-20)23-15-22(25-18-26-23)19-7-3-1-4-8-19/h1,3-4,7-8,15,18,20-21H,2,5-6,9-14,16-17H2. The summed E-state index contributed by atoms with van der Waals surface area (Å²) in [4.78, 5) is 28.7. The summed E-state index contributed by atoms with van der Waals surface area (Å²) in [5.41, 5.74) is 2.01. The molecule has 1 aliphatic carbocycles. The minimum atomic E-state index is 0.0985. The number of rotatable bonds is 4. The van der Waals surface area contributed by atoms with E-state index in [1.165, 1.54) is 32.1 Å². The highest BCUT2D eigenvalue weighted by Gasteiger charge is 2.37. The van der Waals surface area contributed by atoms with E-state index < -0.39 is 0 Å². The van der Waals surface area contributed by atoms with Crippen molar-refractivity contribution in [1.29, 1.82) is 0 Å². The Morgan fingerprint density at radius 3 is 2.37 bits per heavy atom. The van der Waals surface area contributed by atoms with Crippen LogP contribution in [0.25, 0.3) is 11.3 Å². The van der Waals surface area contributed by atoms with Gasteiger partial charge in [-0.25, -0.2) is 9.97 Å². The molecule has 158 valence electrons. The number of hydrogen-bond donors (Lipinski definition) is 0. The van der Waals surface area contributed by atoms with Gasteiger partial charge in [-0.3, -0.25) is 9.69 Å². The molecule has 0 N–H and O–H groups in total. The number of anilines is 1. The Labute approximate surface area is 178 Å². The summed E-state index contributed by atoms with van der Waals surface area (Å²) in [6.45, 7) is 5.37. The Kier molecular flexibility index (Phi) is 5.67. The van der Waals surface area contributed by atoms with Crippen LogP contribution < -0.4 is 4.90 Å². The Hall–Kier alpha value is -2.47. The highest BCUT2D eigenvalue weighted by Crippen LogP contribution is 2.28. The van der Waals surface area contributed by atoms with Gasteiger partial charge in [0.15, 0.2) is 0 Å². The minimum Gasteiger partial charge on any atom is -0.355 e. The van der Waals surface area contributed by atoms with E-state index in [2.05, 4.69) is 36.8 Å². The molecule has 2 aromatic rings. The van der Waals surface area contributed by atoms with Crippen molar-refractivity contribution < 1.29 is 4.79 Å². The first-order chi connectivity index (χ1) is 14.8. The molecule has 0 atom stereocenters. The summed E-state index contributed by atoms with van der Waals surface area (Å²) >= 11 is 0. The Morgan fingerprint density at radius 1 is 0.900 bits per heavy atom. The van der Waals surface area contributed by atoms with Gasteiger partial charge in [0.05, 0.1) is 11.6 Å². The monoisotopic (exact) mass is 405 g/mol. The van der Waals surface area contributed by atoms with E-state index in [-0.39, 0.29) is 5.92 Å². The average molecular weight is 406 g/mol. The molecule has 1 aromatic heterocycles. The van der Waals surface area contributed by atoms with E-state index in [1.807, 2.05) is 24.3 Å². The van der Waals surface area contributed by atoms with Gasteiger partial charge in [0.2, 0.25) is 5.91 Å². The van der Waals surface area contributed by atoms with Crippen LogP contribution in [0.3, 0.4) is 0 Å². The molecular weight excluding hydrogens is 374 g/mol. The van der Waals surface area contributed by atoms with E-state index in [4.69, 9.17) is 0 Å². The fourth-order valence-electron chi connectivity index (χ4n) is 5.12. The fourth-order valence-corrected chi connectivity index (χ4v) is 5.12. The van der Waals surface area contributed by atoms with E-state index >= 15 is 0 Å². The normalized spacial score (nSPS) is 21.5. The lowest BCUT2D eigenvalue weighted by Crippen LogP contribution is -2.59. The van der Waals surface area contributed by atoms with Crippen molar-refractivity contribution in [3.8, 4) is 11.3 Å². The molecule has 0 radical (unpaired) electrons. The molecule has 6 heteroatoms. The van der Waals surface area contributed by atoms with Crippen LogP contribution in [0.2, 0.25) is 0 Å². The van der Waals surface area contributed by atoms with Gasteiger partial charge in [-0.15, -0.1) is 0 Å². The van der Waals surface area contributed by atoms with Gasteiger partial charge in [0.25, 0.3) is 0 Å². The maximum absolute atomic E-state index is 13.0. The van der Waals surface area contributed by atoms with E-state index in [0.29, 0.717) is 5.91 Å². The lowest BCUT2D eigenvalue weighted by atomic mass is 9.93. The maximum Gasteiger partial charge on any atom is 0.229 e. The molecule has 30 heavy (non-hydrogen) atoms. The number of piperazine rings is 1. The Bertz CT molecular complexity index is 853. The molecule has 5 rings (SSSR count). The third kappa shape index (κ3) is 4.06. The average Bonchev–Trinajstić information content (AvgIpc) is 2.79. The van der Waals surface area contributed by atoms with Crippen LogP contribution in [0, 0.1) is 5.92 Å². The highest BCUT2D eigenvalue weighted by atomic mass is 16.2. The van der Waals surface area contributed by atoms with Crippen molar-refractivity contribution >= 4 is 11.7 Å². The topological polar surface area (TPSA) is 52.6 Å². The second kappa shape index (κ2) is 8.72. The quantitative estimate of drug-likeness (QED) is 0.783. The zero-order valence-electron chi connectivity index (χ0n) is 17.6. The van der Waals surface area contributed by atoms with E-state index in [0.717, 1.165) is 62.4 Å².